The van der Waals surface area contributed by atoms with Crippen LogP contribution in [-0.2, 0) is 28.4 Å². The highest BCUT2D eigenvalue weighted by molar-refractivity contribution is 7.89. The Hall–Kier alpha value is -1.25. The Bertz CT molecular complexity index is 664. The van der Waals surface area contributed by atoms with E-state index < -0.39 is 23.5 Å². The van der Waals surface area contributed by atoms with Crippen LogP contribution in [0.5, 0.6) is 0 Å². The lowest BCUT2D eigenvalue weighted by molar-refractivity contribution is -0.114. The van der Waals surface area contributed by atoms with Gasteiger partial charge in [0, 0.05) is 21.1 Å². The molecular weight excluding hydrogens is 307 g/mol. The van der Waals surface area contributed by atoms with E-state index in [1.807, 2.05) is 0 Å². The van der Waals surface area contributed by atoms with Crippen LogP contribution in [-0.4, -0.2) is 28.5 Å². The first-order valence-electron chi connectivity index (χ1n) is 5.30. The van der Waals surface area contributed by atoms with E-state index in [1.165, 1.54) is 19.1 Å². The average molecular weight is 322 g/mol. The SMILES string of the molecule is COP(=O)(OC)c1cc(S(N)(=O)=O)ccc1NC(C)=O. The van der Waals surface area contributed by atoms with Gasteiger partial charge in [0.1, 0.15) is 0 Å². The molecule has 0 spiro atoms. The molecule has 1 aromatic carbocycles. The van der Waals surface area contributed by atoms with Crippen molar-refractivity contribution in [1.29, 1.82) is 0 Å². The molecule has 1 amide bonds. The topological polar surface area (TPSA) is 125 Å². The molecule has 0 saturated heterocycles. The number of rotatable bonds is 5. The van der Waals surface area contributed by atoms with E-state index in [0.717, 1.165) is 20.3 Å². The molecule has 0 unspecified atom stereocenters. The third-order valence-electron chi connectivity index (χ3n) is 2.38. The van der Waals surface area contributed by atoms with E-state index in [-0.39, 0.29) is 15.9 Å². The Labute approximate surface area is 116 Å². The molecular formula is C10H15N2O6PS. The van der Waals surface area contributed by atoms with Crippen LogP contribution in [0.2, 0.25) is 0 Å². The van der Waals surface area contributed by atoms with Crippen LogP contribution in [0.1, 0.15) is 6.92 Å². The second-order valence-corrected chi connectivity index (χ2v) is 7.54. The molecule has 0 aliphatic carbocycles. The average Bonchev–Trinajstić information content (AvgIpc) is 2.36. The van der Waals surface area contributed by atoms with Gasteiger partial charge < -0.3 is 14.4 Å². The van der Waals surface area contributed by atoms with Crippen LogP contribution in [0.3, 0.4) is 0 Å². The molecule has 20 heavy (non-hydrogen) atoms. The summed E-state index contributed by atoms with van der Waals surface area (Å²) in [5.74, 6) is -0.423. The van der Waals surface area contributed by atoms with Gasteiger partial charge in [-0.1, -0.05) is 0 Å². The van der Waals surface area contributed by atoms with Crippen molar-refractivity contribution in [3.8, 4) is 0 Å². The van der Waals surface area contributed by atoms with Crippen molar-refractivity contribution in [2.24, 2.45) is 5.14 Å². The minimum Gasteiger partial charge on any atom is -0.325 e. The largest absolute Gasteiger partial charge is 0.362 e. The van der Waals surface area contributed by atoms with Crippen molar-refractivity contribution in [3.63, 3.8) is 0 Å². The minimum absolute atomic E-state index is 0.0933. The third-order valence-corrected chi connectivity index (χ3v) is 5.22. The van der Waals surface area contributed by atoms with Crippen LogP contribution in [0.15, 0.2) is 23.1 Å². The fraction of sp³-hybridized carbons (Fsp3) is 0.300. The summed E-state index contributed by atoms with van der Waals surface area (Å²) in [5, 5.41) is 7.34. The molecule has 1 rings (SSSR count). The molecule has 10 heteroatoms. The minimum atomic E-state index is -3.99. The maximum atomic E-state index is 12.4. The lowest BCUT2D eigenvalue weighted by Gasteiger charge is -2.18. The first-order valence-corrected chi connectivity index (χ1v) is 8.39. The van der Waals surface area contributed by atoms with Crippen LogP contribution >= 0.6 is 7.60 Å². The van der Waals surface area contributed by atoms with Crippen molar-refractivity contribution in [1.82, 2.24) is 0 Å². The number of anilines is 1. The second kappa shape index (κ2) is 6.02. The van der Waals surface area contributed by atoms with Gasteiger partial charge in [0.25, 0.3) is 0 Å². The predicted octanol–water partition coefficient (Wildman–Crippen LogP) is 0.404. The zero-order valence-corrected chi connectivity index (χ0v) is 12.8. The predicted molar refractivity (Wildman–Crippen MR) is 73.4 cm³/mol. The monoisotopic (exact) mass is 322 g/mol. The zero-order chi connectivity index (χ0) is 15.6. The number of sulfonamides is 1. The second-order valence-electron chi connectivity index (χ2n) is 3.77. The maximum Gasteiger partial charge on any atom is 0.362 e. The van der Waals surface area contributed by atoms with Gasteiger partial charge in [-0.05, 0) is 18.2 Å². The molecule has 112 valence electrons. The van der Waals surface area contributed by atoms with E-state index in [4.69, 9.17) is 14.2 Å². The first kappa shape index (κ1) is 16.8. The van der Waals surface area contributed by atoms with E-state index in [0.29, 0.717) is 0 Å². The number of carbonyl (C=O) groups excluding carboxylic acids is 1. The Kier molecular flexibility index (Phi) is 5.06. The van der Waals surface area contributed by atoms with Crippen LogP contribution in [0, 0.1) is 0 Å². The summed E-state index contributed by atoms with van der Waals surface area (Å²) >= 11 is 0. The fourth-order valence-corrected chi connectivity index (χ4v) is 3.37. The Balaban J connectivity index is 3.57. The van der Waals surface area contributed by atoms with E-state index >= 15 is 0 Å². The van der Waals surface area contributed by atoms with Crippen molar-refractivity contribution < 1.29 is 26.8 Å². The van der Waals surface area contributed by atoms with Gasteiger partial charge in [-0.15, -0.1) is 0 Å². The summed E-state index contributed by atoms with van der Waals surface area (Å²) in [6, 6.07) is 3.50. The van der Waals surface area contributed by atoms with Gasteiger partial charge in [0.15, 0.2) is 0 Å². The normalized spacial score (nSPS) is 12.2. The van der Waals surface area contributed by atoms with Gasteiger partial charge >= 0.3 is 7.60 Å². The number of benzene rings is 1. The molecule has 0 aliphatic heterocycles. The molecule has 1 aromatic rings. The van der Waals surface area contributed by atoms with E-state index in [1.54, 1.807) is 0 Å². The van der Waals surface area contributed by atoms with Crippen molar-refractivity contribution in [2.75, 3.05) is 19.5 Å². The molecule has 0 radical (unpaired) electrons. The van der Waals surface area contributed by atoms with Gasteiger partial charge in [-0.2, -0.15) is 0 Å². The number of hydrogen-bond acceptors (Lipinski definition) is 6. The highest BCUT2D eigenvalue weighted by Gasteiger charge is 2.29. The third kappa shape index (κ3) is 3.65. The number of primary sulfonamides is 1. The molecule has 0 aliphatic rings. The summed E-state index contributed by atoms with van der Waals surface area (Å²) in [6.07, 6.45) is 0. The van der Waals surface area contributed by atoms with Gasteiger partial charge in [0.2, 0.25) is 15.9 Å². The maximum absolute atomic E-state index is 12.4. The van der Waals surface area contributed by atoms with Crippen molar-refractivity contribution >= 4 is 34.5 Å². The Morgan fingerprint density at radius 3 is 2.25 bits per heavy atom. The van der Waals surface area contributed by atoms with Crippen LogP contribution in [0.25, 0.3) is 0 Å². The molecule has 0 fully saturated rings. The molecule has 0 aromatic heterocycles. The summed E-state index contributed by atoms with van der Waals surface area (Å²) in [6.45, 7) is 1.25. The van der Waals surface area contributed by atoms with E-state index in [9.17, 15) is 17.8 Å². The number of carbonyl (C=O) groups is 1. The van der Waals surface area contributed by atoms with Gasteiger partial charge in [0.05, 0.1) is 15.9 Å². The van der Waals surface area contributed by atoms with Gasteiger partial charge in [-0.25, -0.2) is 13.6 Å². The number of hydrogen-bond donors (Lipinski definition) is 2. The Morgan fingerprint density at radius 1 is 1.30 bits per heavy atom. The van der Waals surface area contributed by atoms with Crippen LogP contribution < -0.4 is 15.8 Å². The van der Waals surface area contributed by atoms with Crippen LogP contribution in [0.4, 0.5) is 5.69 Å². The summed E-state index contributed by atoms with van der Waals surface area (Å²) in [5.41, 5.74) is 0.122. The Morgan fingerprint density at radius 2 is 1.85 bits per heavy atom. The smallest absolute Gasteiger partial charge is 0.325 e. The molecule has 8 nitrogen and oxygen atoms in total. The fourth-order valence-electron chi connectivity index (χ4n) is 1.48. The molecule has 0 heterocycles. The van der Waals surface area contributed by atoms with Gasteiger partial charge in [-0.3, -0.25) is 9.36 Å². The zero-order valence-electron chi connectivity index (χ0n) is 11.1. The summed E-state index contributed by atoms with van der Waals surface area (Å²) in [4.78, 5) is 10.9. The lowest BCUT2D eigenvalue weighted by Crippen LogP contribution is -2.21. The molecule has 0 saturated carbocycles. The number of amides is 1. The molecule has 0 bridgehead atoms. The summed E-state index contributed by atoms with van der Waals surface area (Å²) < 4.78 is 44.7. The quantitative estimate of drug-likeness (QED) is 0.756. The standard InChI is InChI=1S/C10H15N2O6PS/c1-7(13)12-9-5-4-8(20(11,15)16)6-10(9)19(14,17-2)18-3/h4-6H,1-3H3,(H,12,13)(H2,11,15,16). The number of nitrogens with two attached hydrogens (primary N) is 1. The molecule has 3 N–H and O–H groups in total. The number of nitrogens with one attached hydrogen (secondary N) is 1. The van der Waals surface area contributed by atoms with Crippen molar-refractivity contribution in [3.05, 3.63) is 18.2 Å². The highest BCUT2D eigenvalue weighted by atomic mass is 32.2. The summed E-state index contributed by atoms with van der Waals surface area (Å²) in [7, 11) is -5.46. The highest BCUT2D eigenvalue weighted by Crippen LogP contribution is 2.47. The first-order chi connectivity index (χ1) is 9.14. The lowest BCUT2D eigenvalue weighted by atomic mass is 10.3. The van der Waals surface area contributed by atoms with E-state index in [2.05, 4.69) is 5.32 Å². The van der Waals surface area contributed by atoms with Crippen molar-refractivity contribution in [2.45, 2.75) is 11.8 Å². The molecule has 0 atom stereocenters.